The Kier molecular flexibility index (Phi) is 7.29. The van der Waals surface area contributed by atoms with E-state index in [2.05, 4.69) is 10.3 Å². The molecule has 0 saturated carbocycles. The van der Waals surface area contributed by atoms with Gasteiger partial charge in [0.25, 0.3) is 0 Å². The summed E-state index contributed by atoms with van der Waals surface area (Å²) in [6.07, 6.45) is 1.33. The van der Waals surface area contributed by atoms with Crippen molar-refractivity contribution in [2.75, 3.05) is 12.4 Å². The maximum atomic E-state index is 11.8. The highest BCUT2D eigenvalue weighted by molar-refractivity contribution is 8.00. The molecule has 1 aromatic carbocycles. The van der Waals surface area contributed by atoms with Crippen LogP contribution < -0.4 is 14.8 Å². The Morgan fingerprint density at radius 3 is 2.71 bits per heavy atom. The first-order valence-corrected chi connectivity index (χ1v) is 10.6. The summed E-state index contributed by atoms with van der Waals surface area (Å²) in [6.45, 7) is 4.14. The molecule has 1 fully saturated rings. The fourth-order valence-corrected chi connectivity index (χ4v) is 4.23. The third kappa shape index (κ3) is 5.44. The molecule has 0 amide bonds. The summed E-state index contributed by atoms with van der Waals surface area (Å²) in [5.41, 5.74) is 0. The summed E-state index contributed by atoms with van der Waals surface area (Å²) >= 11 is 13.5. The highest BCUT2D eigenvalue weighted by atomic mass is 35.5. The van der Waals surface area contributed by atoms with Crippen molar-refractivity contribution < 1.29 is 19.0 Å². The van der Waals surface area contributed by atoms with Crippen molar-refractivity contribution in [3.05, 3.63) is 46.6 Å². The number of carbonyl (C=O) groups excluding carboxylic acids is 1. The molecule has 2 unspecified atom stereocenters. The smallest absolute Gasteiger partial charge is 0.324 e. The van der Waals surface area contributed by atoms with Crippen LogP contribution in [0, 0.1) is 0 Å². The molecule has 2 aromatic rings. The number of nitrogens with one attached hydrogen (secondary N) is 1. The number of pyridine rings is 1. The molecule has 0 bridgehead atoms. The topological polar surface area (TPSA) is 69.7 Å². The molecule has 0 aliphatic carbocycles. The average Bonchev–Trinajstić information content (AvgIpc) is 3.16. The lowest BCUT2D eigenvalue weighted by Crippen LogP contribution is -2.43. The summed E-state index contributed by atoms with van der Waals surface area (Å²) in [4.78, 5) is 15.9. The van der Waals surface area contributed by atoms with Gasteiger partial charge in [-0.2, -0.15) is 0 Å². The van der Waals surface area contributed by atoms with Crippen LogP contribution in [0.15, 0.2) is 36.5 Å². The van der Waals surface area contributed by atoms with Gasteiger partial charge in [0.15, 0.2) is 0 Å². The lowest BCUT2D eigenvalue weighted by molar-refractivity contribution is -0.144. The highest BCUT2D eigenvalue weighted by Crippen LogP contribution is 2.31. The molecule has 1 aromatic heterocycles. The largest absolute Gasteiger partial charge is 0.488 e. The second-order valence-electron chi connectivity index (χ2n) is 6.06. The molecule has 1 aliphatic rings. The summed E-state index contributed by atoms with van der Waals surface area (Å²) in [5, 5.41) is 4.04. The van der Waals surface area contributed by atoms with Crippen molar-refractivity contribution in [1.82, 2.24) is 10.3 Å². The summed E-state index contributed by atoms with van der Waals surface area (Å²) in [7, 11) is 0. The fraction of sp³-hybridized carbons (Fsp3) is 0.368. The minimum Gasteiger partial charge on any atom is -0.488 e. The molecule has 0 spiro atoms. The van der Waals surface area contributed by atoms with Crippen LogP contribution in [0.5, 0.6) is 17.4 Å². The van der Waals surface area contributed by atoms with Crippen LogP contribution in [-0.4, -0.2) is 40.8 Å². The van der Waals surface area contributed by atoms with Crippen LogP contribution in [-0.2, 0) is 9.53 Å². The van der Waals surface area contributed by atoms with E-state index in [1.807, 2.05) is 6.92 Å². The molecule has 1 N–H and O–H groups in total. The van der Waals surface area contributed by atoms with E-state index in [4.69, 9.17) is 37.4 Å². The first-order valence-electron chi connectivity index (χ1n) is 8.76. The standard InChI is InChI=1S/C19H20Cl2N2O4S/c1-3-25-19(24)16-10-28-18(23-16)11(2)26-13-4-6-14(7-5-13)27-17-15(21)8-12(20)9-22-17/h4-9,11,16,18,23H,3,10H2,1-2H3/t11?,16-,18?/m0/s1. The van der Waals surface area contributed by atoms with Gasteiger partial charge in [-0.15, -0.1) is 11.8 Å². The fourth-order valence-electron chi connectivity index (χ4n) is 2.60. The number of hydrogen-bond donors (Lipinski definition) is 1. The van der Waals surface area contributed by atoms with E-state index in [-0.39, 0.29) is 29.4 Å². The predicted octanol–water partition coefficient (Wildman–Crippen LogP) is 4.54. The van der Waals surface area contributed by atoms with Gasteiger partial charge in [-0.1, -0.05) is 23.2 Å². The number of rotatable bonds is 7. The number of hydrogen-bond acceptors (Lipinski definition) is 7. The molecule has 1 aliphatic heterocycles. The summed E-state index contributed by atoms with van der Waals surface area (Å²) in [5.74, 6) is 1.99. The van der Waals surface area contributed by atoms with E-state index in [0.29, 0.717) is 33.9 Å². The van der Waals surface area contributed by atoms with Crippen LogP contribution in [0.3, 0.4) is 0 Å². The zero-order valence-corrected chi connectivity index (χ0v) is 17.7. The Labute approximate surface area is 177 Å². The van der Waals surface area contributed by atoms with Crippen molar-refractivity contribution in [1.29, 1.82) is 0 Å². The number of halogens is 2. The highest BCUT2D eigenvalue weighted by Gasteiger charge is 2.34. The molecule has 2 heterocycles. The minimum atomic E-state index is -0.298. The van der Waals surface area contributed by atoms with Crippen LogP contribution >= 0.6 is 35.0 Å². The van der Waals surface area contributed by atoms with Gasteiger partial charge in [-0.3, -0.25) is 10.1 Å². The first-order chi connectivity index (χ1) is 13.5. The van der Waals surface area contributed by atoms with E-state index < -0.39 is 0 Å². The molecule has 0 radical (unpaired) electrons. The lowest BCUT2D eigenvalue weighted by Gasteiger charge is -2.21. The Bertz CT molecular complexity index is 822. The first kappa shape index (κ1) is 21.0. The van der Waals surface area contributed by atoms with Crippen LogP contribution in [0.2, 0.25) is 10.0 Å². The van der Waals surface area contributed by atoms with E-state index >= 15 is 0 Å². The zero-order chi connectivity index (χ0) is 20.1. The SMILES string of the molecule is CCOC(=O)[C@@H]1CSC(C(C)Oc2ccc(Oc3ncc(Cl)cc3Cl)cc2)N1. The molecular formula is C19H20Cl2N2O4S. The number of esters is 1. The van der Waals surface area contributed by atoms with Crippen LogP contribution in [0.4, 0.5) is 0 Å². The Morgan fingerprint density at radius 2 is 2.04 bits per heavy atom. The van der Waals surface area contributed by atoms with E-state index in [9.17, 15) is 4.79 Å². The number of thioether (sulfide) groups is 1. The number of nitrogens with zero attached hydrogens (tertiary/aromatic N) is 1. The van der Waals surface area contributed by atoms with Crippen molar-refractivity contribution in [2.45, 2.75) is 31.4 Å². The number of aromatic nitrogens is 1. The van der Waals surface area contributed by atoms with Gasteiger partial charge in [0.2, 0.25) is 5.88 Å². The van der Waals surface area contributed by atoms with Gasteiger partial charge in [0, 0.05) is 11.9 Å². The van der Waals surface area contributed by atoms with Crippen molar-refractivity contribution in [3.63, 3.8) is 0 Å². The zero-order valence-electron chi connectivity index (χ0n) is 15.4. The second kappa shape index (κ2) is 9.69. The van der Waals surface area contributed by atoms with Crippen LogP contribution in [0.25, 0.3) is 0 Å². The summed E-state index contributed by atoms with van der Waals surface area (Å²) < 4.78 is 16.7. The van der Waals surface area contributed by atoms with Crippen molar-refractivity contribution in [2.24, 2.45) is 0 Å². The molecule has 28 heavy (non-hydrogen) atoms. The van der Waals surface area contributed by atoms with Gasteiger partial charge in [0.05, 0.1) is 17.0 Å². The predicted molar refractivity (Wildman–Crippen MR) is 111 cm³/mol. The third-order valence-electron chi connectivity index (χ3n) is 3.94. The van der Waals surface area contributed by atoms with Crippen molar-refractivity contribution >= 4 is 40.9 Å². The number of ether oxygens (including phenoxy) is 3. The molecule has 6 nitrogen and oxygen atoms in total. The molecule has 9 heteroatoms. The van der Waals surface area contributed by atoms with E-state index in [1.165, 1.54) is 6.20 Å². The minimum absolute atomic E-state index is 0.00223. The second-order valence-corrected chi connectivity index (χ2v) is 8.08. The lowest BCUT2D eigenvalue weighted by atomic mass is 10.3. The quantitative estimate of drug-likeness (QED) is 0.630. The Hall–Kier alpha value is -1.67. The average molecular weight is 443 g/mol. The molecule has 3 atom stereocenters. The molecule has 3 rings (SSSR count). The normalized spacial score (nSPS) is 19.9. The van der Waals surface area contributed by atoms with Gasteiger partial charge in [-0.05, 0) is 44.2 Å². The molecular weight excluding hydrogens is 423 g/mol. The maximum Gasteiger partial charge on any atom is 0.324 e. The summed E-state index contributed by atoms with van der Waals surface area (Å²) in [6, 6.07) is 8.42. The maximum absolute atomic E-state index is 11.8. The van der Waals surface area contributed by atoms with E-state index in [0.717, 1.165) is 0 Å². The van der Waals surface area contributed by atoms with E-state index in [1.54, 1.807) is 49.0 Å². The van der Waals surface area contributed by atoms with Gasteiger partial charge in [0.1, 0.15) is 28.7 Å². The van der Waals surface area contributed by atoms with Crippen LogP contribution in [0.1, 0.15) is 13.8 Å². The van der Waals surface area contributed by atoms with Gasteiger partial charge in [-0.25, -0.2) is 4.98 Å². The van der Waals surface area contributed by atoms with Crippen molar-refractivity contribution in [3.8, 4) is 17.4 Å². The van der Waals surface area contributed by atoms with Gasteiger partial charge >= 0.3 is 5.97 Å². The monoisotopic (exact) mass is 442 g/mol. The third-order valence-corrected chi connectivity index (χ3v) is 5.82. The molecule has 1 saturated heterocycles. The van der Waals surface area contributed by atoms with Gasteiger partial charge < -0.3 is 14.2 Å². The Balaban J connectivity index is 1.54. The Morgan fingerprint density at radius 1 is 1.32 bits per heavy atom. The number of benzene rings is 1. The molecule has 150 valence electrons. The number of carbonyl (C=O) groups is 1.